The van der Waals surface area contributed by atoms with Gasteiger partial charge in [0.25, 0.3) is 11.7 Å². The smallest absolute Gasteiger partial charge is 0.295 e. The molecule has 6 heteroatoms. The van der Waals surface area contributed by atoms with Crippen LogP contribution in [0.5, 0.6) is 0 Å². The summed E-state index contributed by atoms with van der Waals surface area (Å²) in [6.45, 7) is 6.51. The fourth-order valence-corrected chi connectivity index (χ4v) is 3.72. The van der Waals surface area contributed by atoms with Gasteiger partial charge in [-0.25, -0.2) is 0 Å². The molecular weight excluding hydrogens is 394 g/mol. The number of aliphatic hydroxyl groups is 2. The summed E-state index contributed by atoms with van der Waals surface area (Å²) in [6.07, 6.45) is 0. The lowest BCUT2D eigenvalue weighted by atomic mass is 9.93. The van der Waals surface area contributed by atoms with E-state index in [0.717, 1.165) is 16.7 Å². The summed E-state index contributed by atoms with van der Waals surface area (Å²) in [5.74, 6) is -1.22. The zero-order valence-electron chi connectivity index (χ0n) is 18.2. The number of ether oxygens (including phenoxy) is 1. The molecule has 0 aromatic heterocycles. The molecule has 1 aliphatic heterocycles. The first-order chi connectivity index (χ1) is 14.8. The maximum atomic E-state index is 13.0. The number of Topliss-reactive ketones (excluding diaryl/α,β-unsaturated/α-hetero) is 1. The number of rotatable bonds is 8. The lowest BCUT2D eigenvalue weighted by Gasteiger charge is -2.25. The average Bonchev–Trinajstić information content (AvgIpc) is 3.01. The number of aliphatic hydroxyl groups excluding tert-OH is 2. The van der Waals surface area contributed by atoms with Gasteiger partial charge in [-0.2, -0.15) is 0 Å². The van der Waals surface area contributed by atoms with E-state index < -0.39 is 17.7 Å². The Morgan fingerprint density at radius 1 is 1.03 bits per heavy atom. The van der Waals surface area contributed by atoms with Crippen molar-refractivity contribution in [1.29, 1.82) is 0 Å². The summed E-state index contributed by atoms with van der Waals surface area (Å²) in [5.41, 5.74) is 3.49. The van der Waals surface area contributed by atoms with Crippen molar-refractivity contribution in [2.45, 2.75) is 32.7 Å². The highest BCUT2D eigenvalue weighted by atomic mass is 16.5. The van der Waals surface area contributed by atoms with Gasteiger partial charge < -0.3 is 19.8 Å². The Hall–Kier alpha value is -2.96. The molecule has 1 saturated heterocycles. The van der Waals surface area contributed by atoms with Crippen LogP contribution in [0.15, 0.2) is 54.1 Å². The third-order valence-electron chi connectivity index (χ3n) is 5.50. The predicted octanol–water partition coefficient (Wildman–Crippen LogP) is 3.55. The molecule has 31 heavy (non-hydrogen) atoms. The molecule has 1 unspecified atom stereocenters. The van der Waals surface area contributed by atoms with Gasteiger partial charge in [-0.1, -0.05) is 67.9 Å². The van der Waals surface area contributed by atoms with Crippen LogP contribution in [0.3, 0.4) is 0 Å². The Morgan fingerprint density at radius 3 is 2.26 bits per heavy atom. The largest absolute Gasteiger partial charge is 0.507 e. The zero-order chi connectivity index (χ0) is 22.5. The van der Waals surface area contributed by atoms with Gasteiger partial charge in [0.15, 0.2) is 0 Å². The molecule has 2 aromatic carbocycles. The van der Waals surface area contributed by atoms with E-state index in [-0.39, 0.29) is 37.7 Å². The van der Waals surface area contributed by atoms with Gasteiger partial charge in [0.05, 0.1) is 31.4 Å². The maximum Gasteiger partial charge on any atom is 0.295 e. The van der Waals surface area contributed by atoms with Gasteiger partial charge in [0.2, 0.25) is 0 Å². The SMILES string of the molecule is Cc1ccc(/C(O)=C2\C(=O)C(=O)N(CCOCCO)C2c2ccc(C(C)C)cc2)cc1. The van der Waals surface area contributed by atoms with E-state index in [0.29, 0.717) is 11.5 Å². The number of nitrogens with zero attached hydrogens (tertiary/aromatic N) is 1. The van der Waals surface area contributed by atoms with Crippen LogP contribution in [-0.2, 0) is 14.3 Å². The second-order valence-electron chi connectivity index (χ2n) is 8.02. The molecule has 2 N–H and O–H groups in total. The van der Waals surface area contributed by atoms with Crippen molar-refractivity contribution < 1.29 is 24.5 Å². The highest BCUT2D eigenvalue weighted by Gasteiger charge is 2.45. The van der Waals surface area contributed by atoms with Crippen molar-refractivity contribution in [2.24, 2.45) is 0 Å². The molecule has 1 heterocycles. The normalized spacial score (nSPS) is 18.2. The van der Waals surface area contributed by atoms with Crippen LogP contribution in [0.25, 0.3) is 5.76 Å². The number of carbonyl (C=O) groups is 2. The minimum atomic E-state index is -0.710. The monoisotopic (exact) mass is 423 g/mol. The second-order valence-corrected chi connectivity index (χ2v) is 8.02. The van der Waals surface area contributed by atoms with E-state index in [4.69, 9.17) is 9.84 Å². The Morgan fingerprint density at radius 2 is 1.68 bits per heavy atom. The summed E-state index contributed by atoms with van der Waals surface area (Å²) in [7, 11) is 0. The lowest BCUT2D eigenvalue weighted by molar-refractivity contribution is -0.140. The minimum absolute atomic E-state index is 0.0771. The number of likely N-dealkylation sites (tertiary alicyclic amines) is 1. The highest BCUT2D eigenvalue weighted by Crippen LogP contribution is 2.39. The topological polar surface area (TPSA) is 87.1 Å². The number of carbonyl (C=O) groups excluding carboxylic acids is 2. The molecule has 1 amide bonds. The van der Waals surface area contributed by atoms with Crippen LogP contribution in [0.2, 0.25) is 0 Å². The summed E-state index contributed by atoms with van der Waals surface area (Å²) >= 11 is 0. The zero-order valence-corrected chi connectivity index (χ0v) is 18.2. The molecule has 3 rings (SSSR count). The Balaban J connectivity index is 2.06. The quantitative estimate of drug-likeness (QED) is 0.293. The van der Waals surface area contributed by atoms with Gasteiger partial charge in [-0.3, -0.25) is 9.59 Å². The average molecular weight is 424 g/mol. The van der Waals surface area contributed by atoms with E-state index in [1.165, 1.54) is 4.90 Å². The fourth-order valence-electron chi connectivity index (χ4n) is 3.72. The van der Waals surface area contributed by atoms with Crippen molar-refractivity contribution in [2.75, 3.05) is 26.4 Å². The number of aryl methyl sites for hydroxylation is 1. The molecule has 0 aliphatic carbocycles. The van der Waals surface area contributed by atoms with Crippen LogP contribution in [0.4, 0.5) is 0 Å². The molecule has 6 nitrogen and oxygen atoms in total. The molecule has 1 fully saturated rings. The standard InChI is InChI=1S/C25H29NO5/c1-16(2)18-8-10-19(11-9-18)22-21(23(28)20-6-4-17(3)5-7-20)24(29)25(30)26(22)12-14-31-15-13-27/h4-11,16,22,27-28H,12-15H2,1-3H3/b23-21+. The molecule has 0 bridgehead atoms. The van der Waals surface area contributed by atoms with Gasteiger partial charge >= 0.3 is 0 Å². The van der Waals surface area contributed by atoms with Gasteiger partial charge in [-0.15, -0.1) is 0 Å². The maximum absolute atomic E-state index is 13.0. The minimum Gasteiger partial charge on any atom is -0.507 e. The third-order valence-corrected chi connectivity index (χ3v) is 5.50. The van der Waals surface area contributed by atoms with Crippen molar-refractivity contribution in [3.8, 4) is 0 Å². The van der Waals surface area contributed by atoms with Crippen LogP contribution in [0, 0.1) is 6.92 Å². The van der Waals surface area contributed by atoms with E-state index in [1.807, 2.05) is 43.3 Å². The van der Waals surface area contributed by atoms with Crippen LogP contribution >= 0.6 is 0 Å². The lowest BCUT2D eigenvalue weighted by Crippen LogP contribution is -2.33. The number of benzene rings is 2. The second kappa shape index (κ2) is 9.90. The number of hydrogen-bond acceptors (Lipinski definition) is 5. The van der Waals surface area contributed by atoms with Gasteiger partial charge in [0.1, 0.15) is 5.76 Å². The number of amides is 1. The first-order valence-corrected chi connectivity index (χ1v) is 10.5. The van der Waals surface area contributed by atoms with E-state index in [2.05, 4.69) is 13.8 Å². The van der Waals surface area contributed by atoms with Gasteiger partial charge in [0, 0.05) is 12.1 Å². The first kappa shape index (κ1) is 22.7. The first-order valence-electron chi connectivity index (χ1n) is 10.5. The third kappa shape index (κ3) is 4.86. The van der Waals surface area contributed by atoms with Crippen molar-refractivity contribution in [3.63, 3.8) is 0 Å². The van der Waals surface area contributed by atoms with Crippen molar-refractivity contribution in [3.05, 3.63) is 76.4 Å². The van der Waals surface area contributed by atoms with Crippen molar-refractivity contribution in [1.82, 2.24) is 4.90 Å². The number of ketones is 1. The molecular formula is C25H29NO5. The summed E-state index contributed by atoms with van der Waals surface area (Å²) < 4.78 is 5.32. The predicted molar refractivity (Wildman–Crippen MR) is 119 cm³/mol. The molecule has 0 saturated carbocycles. The summed E-state index contributed by atoms with van der Waals surface area (Å²) in [5, 5.41) is 19.9. The molecule has 164 valence electrons. The molecule has 2 aromatic rings. The van der Waals surface area contributed by atoms with Crippen LogP contribution < -0.4 is 0 Å². The molecule has 1 atom stereocenters. The molecule has 0 radical (unpaired) electrons. The van der Waals surface area contributed by atoms with Crippen LogP contribution in [-0.4, -0.2) is 53.2 Å². The van der Waals surface area contributed by atoms with Crippen LogP contribution in [0.1, 0.15) is 48.1 Å². The Kier molecular flexibility index (Phi) is 7.25. The highest BCUT2D eigenvalue weighted by molar-refractivity contribution is 6.46. The van der Waals surface area contributed by atoms with Crippen molar-refractivity contribution >= 4 is 17.4 Å². The van der Waals surface area contributed by atoms with E-state index in [9.17, 15) is 14.7 Å². The van der Waals surface area contributed by atoms with E-state index in [1.54, 1.807) is 12.1 Å². The summed E-state index contributed by atoms with van der Waals surface area (Å²) in [4.78, 5) is 27.2. The number of hydrogen-bond donors (Lipinski definition) is 2. The van der Waals surface area contributed by atoms with Gasteiger partial charge in [-0.05, 0) is 24.0 Å². The van der Waals surface area contributed by atoms with E-state index >= 15 is 0 Å². The molecule has 0 spiro atoms. The molecule has 1 aliphatic rings. The Labute approximate surface area is 182 Å². The summed E-state index contributed by atoms with van der Waals surface area (Å²) in [6, 6.07) is 14.2. The fraction of sp³-hybridized carbons (Fsp3) is 0.360. The Bertz CT molecular complexity index is 960.